The van der Waals surface area contributed by atoms with E-state index in [4.69, 9.17) is 9.47 Å². The molecule has 0 radical (unpaired) electrons. The van der Waals surface area contributed by atoms with E-state index < -0.39 is 0 Å². The van der Waals surface area contributed by atoms with E-state index in [-0.39, 0.29) is 11.9 Å². The molecule has 0 aliphatic rings. The van der Waals surface area contributed by atoms with Crippen LogP contribution in [-0.4, -0.2) is 23.0 Å². The third-order valence-corrected chi connectivity index (χ3v) is 3.44. The second-order valence-electron chi connectivity index (χ2n) is 5.29. The molecule has 2 aromatic carbocycles. The van der Waals surface area contributed by atoms with Gasteiger partial charge in [0.25, 0.3) is 0 Å². The van der Waals surface area contributed by atoms with Gasteiger partial charge in [-0.3, -0.25) is 4.79 Å². The van der Waals surface area contributed by atoms with Crippen LogP contribution in [0.15, 0.2) is 60.9 Å². The summed E-state index contributed by atoms with van der Waals surface area (Å²) < 4.78 is 10.8. The highest BCUT2D eigenvalue weighted by atomic mass is 16.5. The zero-order chi connectivity index (χ0) is 17.6. The molecule has 1 aromatic heterocycles. The number of nitrogens with zero attached hydrogens (tertiary/aromatic N) is 2. The van der Waals surface area contributed by atoms with Gasteiger partial charge < -0.3 is 14.8 Å². The van der Waals surface area contributed by atoms with E-state index in [2.05, 4.69) is 15.3 Å². The van der Waals surface area contributed by atoms with Crippen molar-refractivity contribution in [3.05, 3.63) is 60.9 Å². The smallest absolute Gasteiger partial charge is 0.321 e. The first-order valence-corrected chi connectivity index (χ1v) is 7.66. The van der Waals surface area contributed by atoms with Gasteiger partial charge in [0.2, 0.25) is 5.91 Å². The Morgan fingerprint density at radius 1 is 0.880 bits per heavy atom. The minimum Gasteiger partial charge on any atom is -0.497 e. The normalized spacial score (nSPS) is 10.2. The average Bonchev–Trinajstić information content (AvgIpc) is 2.64. The third kappa shape index (κ3) is 4.32. The van der Waals surface area contributed by atoms with E-state index >= 15 is 0 Å². The zero-order valence-electron chi connectivity index (χ0n) is 13.9. The molecular formula is C19H17N3O3. The molecule has 0 atom stereocenters. The van der Waals surface area contributed by atoms with Gasteiger partial charge in [-0.1, -0.05) is 12.1 Å². The molecule has 6 nitrogen and oxygen atoms in total. The lowest BCUT2D eigenvalue weighted by Crippen LogP contribution is -2.05. The Balaban J connectivity index is 1.68. The highest BCUT2D eigenvalue weighted by molar-refractivity contribution is 5.88. The number of amides is 1. The zero-order valence-corrected chi connectivity index (χ0v) is 13.9. The number of aromatic nitrogens is 2. The molecule has 0 aliphatic heterocycles. The van der Waals surface area contributed by atoms with Crippen LogP contribution < -0.4 is 14.8 Å². The lowest BCUT2D eigenvalue weighted by Gasteiger charge is -2.07. The van der Waals surface area contributed by atoms with Crippen molar-refractivity contribution in [2.45, 2.75) is 6.92 Å². The van der Waals surface area contributed by atoms with E-state index in [9.17, 15) is 4.79 Å². The molecule has 3 rings (SSSR count). The summed E-state index contributed by atoms with van der Waals surface area (Å²) in [6.07, 6.45) is 3.41. The number of hydrogen-bond donors (Lipinski definition) is 1. The van der Waals surface area contributed by atoms with Crippen LogP contribution in [0.1, 0.15) is 6.92 Å². The van der Waals surface area contributed by atoms with Crippen molar-refractivity contribution in [3.8, 4) is 28.6 Å². The van der Waals surface area contributed by atoms with Crippen LogP contribution >= 0.6 is 0 Å². The summed E-state index contributed by atoms with van der Waals surface area (Å²) in [6, 6.07) is 14.9. The minimum atomic E-state index is -0.119. The number of benzene rings is 2. The quantitative estimate of drug-likeness (QED) is 0.765. The number of rotatable bonds is 5. The highest BCUT2D eigenvalue weighted by Crippen LogP contribution is 2.24. The predicted octanol–water partition coefficient (Wildman–Crippen LogP) is 3.90. The number of methoxy groups -OCH3 is 1. The van der Waals surface area contributed by atoms with E-state index in [1.54, 1.807) is 43.8 Å². The first-order valence-electron chi connectivity index (χ1n) is 7.66. The van der Waals surface area contributed by atoms with Gasteiger partial charge in [0.15, 0.2) is 0 Å². The number of carbonyl (C=O) groups excluding carboxylic acids is 1. The molecule has 3 aromatic rings. The molecular weight excluding hydrogens is 318 g/mol. The lowest BCUT2D eigenvalue weighted by molar-refractivity contribution is -0.114. The molecule has 0 bridgehead atoms. The fourth-order valence-electron chi connectivity index (χ4n) is 2.22. The fraction of sp³-hybridized carbons (Fsp3) is 0.105. The Labute approximate surface area is 145 Å². The van der Waals surface area contributed by atoms with Crippen LogP contribution in [0.2, 0.25) is 0 Å². The summed E-state index contributed by atoms with van der Waals surface area (Å²) in [5.41, 5.74) is 2.58. The molecule has 0 spiro atoms. The first kappa shape index (κ1) is 16.4. The van der Waals surface area contributed by atoms with E-state index in [1.807, 2.05) is 24.3 Å². The van der Waals surface area contributed by atoms with Gasteiger partial charge in [-0.15, -0.1) is 0 Å². The van der Waals surface area contributed by atoms with Crippen molar-refractivity contribution in [2.75, 3.05) is 12.4 Å². The first-order chi connectivity index (χ1) is 12.1. The Kier molecular flexibility index (Phi) is 4.89. The second kappa shape index (κ2) is 7.44. The Bertz CT molecular complexity index is 845. The molecule has 0 saturated carbocycles. The van der Waals surface area contributed by atoms with Crippen LogP contribution in [-0.2, 0) is 4.79 Å². The number of anilines is 1. The van der Waals surface area contributed by atoms with Crippen molar-refractivity contribution in [2.24, 2.45) is 0 Å². The summed E-state index contributed by atoms with van der Waals surface area (Å²) in [5.74, 6) is 1.27. The predicted molar refractivity (Wildman–Crippen MR) is 94.8 cm³/mol. The van der Waals surface area contributed by atoms with Crippen molar-refractivity contribution < 1.29 is 14.3 Å². The largest absolute Gasteiger partial charge is 0.497 e. The van der Waals surface area contributed by atoms with Crippen molar-refractivity contribution in [1.29, 1.82) is 0 Å². The summed E-state index contributed by atoms with van der Waals surface area (Å²) in [4.78, 5) is 19.5. The molecule has 1 N–H and O–H groups in total. The lowest BCUT2D eigenvalue weighted by atomic mass is 10.1. The van der Waals surface area contributed by atoms with Crippen LogP contribution in [0.25, 0.3) is 11.1 Å². The summed E-state index contributed by atoms with van der Waals surface area (Å²) in [5, 5.41) is 2.69. The molecule has 1 heterocycles. The molecule has 0 saturated heterocycles. The third-order valence-electron chi connectivity index (χ3n) is 3.44. The van der Waals surface area contributed by atoms with Crippen molar-refractivity contribution in [1.82, 2.24) is 9.97 Å². The Hall–Kier alpha value is -3.41. The Morgan fingerprint density at radius 2 is 1.48 bits per heavy atom. The van der Waals surface area contributed by atoms with Crippen LogP contribution in [0, 0.1) is 0 Å². The monoisotopic (exact) mass is 335 g/mol. The molecule has 25 heavy (non-hydrogen) atoms. The summed E-state index contributed by atoms with van der Waals surface area (Å²) >= 11 is 0. The van der Waals surface area contributed by atoms with Crippen molar-refractivity contribution in [3.63, 3.8) is 0 Å². The number of hydrogen-bond acceptors (Lipinski definition) is 5. The average molecular weight is 335 g/mol. The van der Waals surface area contributed by atoms with Crippen molar-refractivity contribution >= 4 is 11.6 Å². The summed E-state index contributed by atoms with van der Waals surface area (Å²) in [7, 11) is 1.63. The maximum absolute atomic E-state index is 11.0. The molecule has 0 fully saturated rings. The molecule has 6 heteroatoms. The van der Waals surface area contributed by atoms with Gasteiger partial charge in [-0.2, -0.15) is 0 Å². The second-order valence-corrected chi connectivity index (χ2v) is 5.29. The topological polar surface area (TPSA) is 73.3 Å². The van der Waals surface area contributed by atoms with Gasteiger partial charge in [0, 0.05) is 30.6 Å². The number of carbonyl (C=O) groups is 1. The fourth-order valence-corrected chi connectivity index (χ4v) is 2.22. The minimum absolute atomic E-state index is 0.119. The highest BCUT2D eigenvalue weighted by Gasteiger charge is 2.04. The van der Waals surface area contributed by atoms with E-state index in [1.165, 1.54) is 6.92 Å². The van der Waals surface area contributed by atoms with Crippen LogP contribution in [0.3, 0.4) is 0 Å². The maximum Gasteiger partial charge on any atom is 0.321 e. The standard InChI is InChI=1S/C19H17N3O3/c1-13(23)22-16-5-9-18(10-6-16)25-19-20-11-15(12-21-19)14-3-7-17(24-2)8-4-14/h3-12H,1-2H3,(H,22,23). The van der Waals surface area contributed by atoms with E-state index in [0.717, 1.165) is 16.9 Å². The molecule has 0 aliphatic carbocycles. The van der Waals surface area contributed by atoms with Gasteiger partial charge in [0.1, 0.15) is 11.5 Å². The van der Waals surface area contributed by atoms with E-state index in [0.29, 0.717) is 11.4 Å². The van der Waals surface area contributed by atoms with Crippen LogP contribution in [0.5, 0.6) is 17.5 Å². The molecule has 0 unspecified atom stereocenters. The van der Waals surface area contributed by atoms with Gasteiger partial charge in [-0.05, 0) is 42.0 Å². The molecule has 126 valence electrons. The van der Waals surface area contributed by atoms with Gasteiger partial charge in [-0.25, -0.2) is 9.97 Å². The van der Waals surface area contributed by atoms with Gasteiger partial charge in [0.05, 0.1) is 7.11 Å². The number of nitrogens with one attached hydrogen (secondary N) is 1. The number of ether oxygens (including phenoxy) is 2. The molecule has 1 amide bonds. The Morgan fingerprint density at radius 3 is 2.04 bits per heavy atom. The van der Waals surface area contributed by atoms with Crippen LogP contribution in [0.4, 0.5) is 5.69 Å². The summed E-state index contributed by atoms with van der Waals surface area (Å²) in [6.45, 7) is 1.46. The van der Waals surface area contributed by atoms with Gasteiger partial charge >= 0.3 is 6.01 Å². The SMILES string of the molecule is COc1ccc(-c2cnc(Oc3ccc(NC(C)=O)cc3)nc2)cc1. The maximum atomic E-state index is 11.0.